The SMILES string of the molecule is Cc1ccc(CN2CC(C(=O)NCC(C)N3CCC(C)CC3)CC2=O)cc1. The van der Waals surface area contributed by atoms with Gasteiger partial charge in [-0.1, -0.05) is 36.8 Å². The van der Waals surface area contributed by atoms with Gasteiger partial charge >= 0.3 is 0 Å². The molecule has 0 bridgehead atoms. The number of likely N-dealkylation sites (tertiary alicyclic amines) is 2. The number of piperidine rings is 1. The van der Waals surface area contributed by atoms with Gasteiger partial charge in [0.2, 0.25) is 11.8 Å². The van der Waals surface area contributed by atoms with E-state index in [1.807, 2.05) is 4.90 Å². The standard InChI is InChI=1S/C22H33N3O2/c1-16-4-6-19(7-5-16)14-25-15-20(12-21(25)26)22(27)23-13-18(3)24-10-8-17(2)9-11-24/h4-7,17-18,20H,8-15H2,1-3H3,(H,23,27). The number of rotatable bonds is 6. The van der Waals surface area contributed by atoms with Crippen molar-refractivity contribution in [1.82, 2.24) is 15.1 Å². The Bertz CT molecular complexity index is 650. The molecule has 2 amide bonds. The number of hydrogen-bond acceptors (Lipinski definition) is 3. The molecule has 2 aliphatic heterocycles. The molecule has 0 aromatic heterocycles. The van der Waals surface area contributed by atoms with E-state index in [0.717, 1.165) is 24.6 Å². The van der Waals surface area contributed by atoms with E-state index in [9.17, 15) is 9.59 Å². The summed E-state index contributed by atoms with van der Waals surface area (Å²) < 4.78 is 0. The molecule has 2 heterocycles. The number of hydrogen-bond donors (Lipinski definition) is 1. The van der Waals surface area contributed by atoms with Gasteiger partial charge in [-0.2, -0.15) is 0 Å². The highest BCUT2D eigenvalue weighted by Crippen LogP contribution is 2.21. The molecule has 0 spiro atoms. The Morgan fingerprint density at radius 2 is 1.89 bits per heavy atom. The molecular weight excluding hydrogens is 338 g/mol. The van der Waals surface area contributed by atoms with E-state index in [2.05, 4.69) is 55.3 Å². The molecule has 2 saturated heterocycles. The first-order chi connectivity index (χ1) is 12.9. The highest BCUT2D eigenvalue weighted by molar-refractivity contribution is 5.89. The second-order valence-electron chi connectivity index (χ2n) is 8.47. The largest absolute Gasteiger partial charge is 0.354 e. The predicted molar refractivity (Wildman–Crippen MR) is 107 cm³/mol. The Morgan fingerprint density at radius 1 is 1.22 bits per heavy atom. The van der Waals surface area contributed by atoms with Crippen LogP contribution in [-0.2, 0) is 16.1 Å². The third-order valence-electron chi connectivity index (χ3n) is 6.09. The molecule has 1 aromatic carbocycles. The molecule has 5 nitrogen and oxygen atoms in total. The smallest absolute Gasteiger partial charge is 0.225 e. The maximum Gasteiger partial charge on any atom is 0.225 e. The Morgan fingerprint density at radius 3 is 2.56 bits per heavy atom. The van der Waals surface area contributed by atoms with Crippen molar-refractivity contribution in [1.29, 1.82) is 0 Å². The van der Waals surface area contributed by atoms with Gasteiger partial charge in [0.05, 0.1) is 5.92 Å². The van der Waals surface area contributed by atoms with Crippen LogP contribution in [0.4, 0.5) is 0 Å². The summed E-state index contributed by atoms with van der Waals surface area (Å²) in [7, 11) is 0. The van der Waals surface area contributed by atoms with Gasteiger partial charge in [0.15, 0.2) is 0 Å². The van der Waals surface area contributed by atoms with Gasteiger partial charge < -0.3 is 10.2 Å². The quantitative estimate of drug-likeness (QED) is 0.836. The molecule has 5 heteroatoms. The summed E-state index contributed by atoms with van der Waals surface area (Å²) in [5.41, 5.74) is 2.32. The summed E-state index contributed by atoms with van der Waals surface area (Å²) in [6, 6.07) is 8.57. The zero-order valence-corrected chi connectivity index (χ0v) is 16.9. The van der Waals surface area contributed by atoms with Gasteiger partial charge in [0.1, 0.15) is 0 Å². The number of benzene rings is 1. The van der Waals surface area contributed by atoms with Crippen molar-refractivity contribution in [2.24, 2.45) is 11.8 Å². The second-order valence-corrected chi connectivity index (χ2v) is 8.47. The number of amides is 2. The normalized spacial score (nSPS) is 22.9. The van der Waals surface area contributed by atoms with Crippen LogP contribution in [0.3, 0.4) is 0 Å². The zero-order chi connectivity index (χ0) is 19.4. The average molecular weight is 372 g/mol. The minimum Gasteiger partial charge on any atom is -0.354 e. The van der Waals surface area contributed by atoms with Crippen molar-refractivity contribution in [2.75, 3.05) is 26.2 Å². The average Bonchev–Trinajstić information content (AvgIpc) is 3.02. The van der Waals surface area contributed by atoms with E-state index in [1.54, 1.807) is 0 Å². The van der Waals surface area contributed by atoms with Crippen molar-refractivity contribution in [2.45, 2.75) is 52.6 Å². The molecule has 148 valence electrons. The molecule has 2 fully saturated rings. The van der Waals surface area contributed by atoms with Crippen LogP contribution in [0.2, 0.25) is 0 Å². The van der Waals surface area contributed by atoms with Crippen LogP contribution in [0.1, 0.15) is 44.2 Å². The van der Waals surface area contributed by atoms with Crippen molar-refractivity contribution in [3.63, 3.8) is 0 Å². The van der Waals surface area contributed by atoms with Gasteiger partial charge in [-0.3, -0.25) is 14.5 Å². The van der Waals surface area contributed by atoms with E-state index < -0.39 is 0 Å². The van der Waals surface area contributed by atoms with E-state index in [-0.39, 0.29) is 17.7 Å². The highest BCUT2D eigenvalue weighted by atomic mass is 16.2. The van der Waals surface area contributed by atoms with Crippen molar-refractivity contribution < 1.29 is 9.59 Å². The fourth-order valence-electron chi connectivity index (χ4n) is 4.01. The monoisotopic (exact) mass is 371 g/mol. The Hall–Kier alpha value is -1.88. The zero-order valence-electron chi connectivity index (χ0n) is 16.9. The fraction of sp³-hybridized carbons (Fsp3) is 0.636. The first-order valence-corrected chi connectivity index (χ1v) is 10.3. The van der Waals surface area contributed by atoms with Crippen LogP contribution in [0, 0.1) is 18.8 Å². The van der Waals surface area contributed by atoms with E-state index >= 15 is 0 Å². The number of nitrogens with zero attached hydrogens (tertiary/aromatic N) is 2. The van der Waals surface area contributed by atoms with Crippen LogP contribution < -0.4 is 5.32 Å². The molecule has 0 aliphatic carbocycles. The topological polar surface area (TPSA) is 52.7 Å². The number of aryl methyl sites for hydroxylation is 1. The summed E-state index contributed by atoms with van der Waals surface area (Å²) in [6.45, 7) is 10.5. The fourth-order valence-corrected chi connectivity index (χ4v) is 4.01. The lowest BCUT2D eigenvalue weighted by Gasteiger charge is -2.35. The van der Waals surface area contributed by atoms with Gasteiger partial charge in [-0.15, -0.1) is 0 Å². The molecule has 27 heavy (non-hydrogen) atoms. The number of carbonyl (C=O) groups excluding carboxylic acids is 2. The lowest BCUT2D eigenvalue weighted by Crippen LogP contribution is -2.46. The summed E-state index contributed by atoms with van der Waals surface area (Å²) in [5, 5.41) is 3.09. The third-order valence-corrected chi connectivity index (χ3v) is 6.09. The Labute approximate surface area is 163 Å². The molecular formula is C22H33N3O2. The van der Waals surface area contributed by atoms with Crippen molar-refractivity contribution in [3.05, 3.63) is 35.4 Å². The first kappa shape index (κ1) is 19.9. The predicted octanol–water partition coefficient (Wildman–Crippen LogP) is 2.58. The minimum absolute atomic E-state index is 0.0204. The maximum atomic E-state index is 12.6. The summed E-state index contributed by atoms with van der Waals surface area (Å²) >= 11 is 0. The van der Waals surface area contributed by atoms with Crippen LogP contribution in [0.25, 0.3) is 0 Å². The number of carbonyl (C=O) groups is 2. The van der Waals surface area contributed by atoms with E-state index in [4.69, 9.17) is 0 Å². The minimum atomic E-state index is -0.225. The molecule has 0 radical (unpaired) electrons. The van der Waals surface area contributed by atoms with Crippen LogP contribution in [0.15, 0.2) is 24.3 Å². The summed E-state index contributed by atoms with van der Waals surface area (Å²) in [5.74, 6) is 0.685. The molecule has 1 aromatic rings. The lowest BCUT2D eigenvalue weighted by atomic mass is 9.98. The van der Waals surface area contributed by atoms with Crippen LogP contribution >= 0.6 is 0 Å². The lowest BCUT2D eigenvalue weighted by molar-refractivity contribution is -0.129. The first-order valence-electron chi connectivity index (χ1n) is 10.3. The van der Waals surface area contributed by atoms with E-state index in [0.29, 0.717) is 32.1 Å². The van der Waals surface area contributed by atoms with Gasteiger partial charge in [0, 0.05) is 32.1 Å². The molecule has 2 unspecified atom stereocenters. The molecule has 3 rings (SSSR count). The Balaban J connectivity index is 1.45. The van der Waals surface area contributed by atoms with Gasteiger partial charge in [0.25, 0.3) is 0 Å². The summed E-state index contributed by atoms with van der Waals surface area (Å²) in [4.78, 5) is 29.2. The van der Waals surface area contributed by atoms with Crippen molar-refractivity contribution in [3.8, 4) is 0 Å². The maximum absolute atomic E-state index is 12.6. The highest BCUT2D eigenvalue weighted by Gasteiger charge is 2.34. The van der Waals surface area contributed by atoms with Gasteiger partial charge in [-0.05, 0) is 51.3 Å². The molecule has 0 saturated carbocycles. The van der Waals surface area contributed by atoms with Crippen LogP contribution in [-0.4, -0.2) is 53.8 Å². The van der Waals surface area contributed by atoms with Gasteiger partial charge in [-0.25, -0.2) is 0 Å². The van der Waals surface area contributed by atoms with Crippen LogP contribution in [0.5, 0.6) is 0 Å². The number of nitrogens with one attached hydrogen (secondary N) is 1. The summed E-state index contributed by atoms with van der Waals surface area (Å²) in [6.07, 6.45) is 2.81. The second kappa shape index (κ2) is 8.87. The molecule has 2 atom stereocenters. The third kappa shape index (κ3) is 5.32. The van der Waals surface area contributed by atoms with Crippen molar-refractivity contribution >= 4 is 11.8 Å². The van der Waals surface area contributed by atoms with E-state index in [1.165, 1.54) is 18.4 Å². The molecule has 2 aliphatic rings. The Kier molecular flexibility index (Phi) is 6.53. The molecule has 1 N–H and O–H groups in total.